The molecule has 2 unspecified atom stereocenters. The largest absolute Gasteiger partial charge is 0.508 e. The molecular formula is C34H33F3N6O2. The molecule has 45 heavy (non-hydrogen) atoms. The van der Waals surface area contributed by atoms with Crippen LogP contribution in [0.1, 0.15) is 37.7 Å². The van der Waals surface area contributed by atoms with Crippen molar-refractivity contribution in [3.63, 3.8) is 0 Å². The zero-order valence-electron chi connectivity index (χ0n) is 24.9. The van der Waals surface area contributed by atoms with E-state index in [1.165, 1.54) is 30.5 Å². The molecule has 4 aliphatic heterocycles. The van der Waals surface area contributed by atoms with Crippen LogP contribution in [0.4, 0.5) is 19.0 Å². The number of piperazine rings is 1. The van der Waals surface area contributed by atoms with Crippen LogP contribution in [0, 0.1) is 24.0 Å². The van der Waals surface area contributed by atoms with Crippen molar-refractivity contribution in [1.82, 2.24) is 24.8 Å². The molecule has 2 bridgehead atoms. The minimum atomic E-state index is -0.913. The summed E-state index contributed by atoms with van der Waals surface area (Å²) in [6, 6.07) is 6.19. The van der Waals surface area contributed by atoms with Gasteiger partial charge in [-0.3, -0.25) is 14.8 Å². The topological polar surface area (TPSA) is 77.9 Å². The maximum absolute atomic E-state index is 16.8. The monoisotopic (exact) mass is 614 g/mol. The quantitative estimate of drug-likeness (QED) is 0.313. The molecule has 0 aliphatic carbocycles. The van der Waals surface area contributed by atoms with E-state index >= 15 is 4.39 Å². The second-order valence-electron chi connectivity index (χ2n) is 13.0. The third kappa shape index (κ3) is 4.49. The van der Waals surface area contributed by atoms with Crippen LogP contribution in [0.15, 0.2) is 30.5 Å². The highest BCUT2D eigenvalue weighted by atomic mass is 19.1. The lowest BCUT2D eigenvalue weighted by molar-refractivity contribution is 0.107. The Labute approximate surface area is 258 Å². The van der Waals surface area contributed by atoms with Gasteiger partial charge in [0.15, 0.2) is 5.82 Å². The smallest absolute Gasteiger partial charge is 0.319 e. The van der Waals surface area contributed by atoms with Gasteiger partial charge in [0.05, 0.1) is 16.5 Å². The van der Waals surface area contributed by atoms with Gasteiger partial charge in [0.2, 0.25) is 0 Å². The van der Waals surface area contributed by atoms with Crippen LogP contribution in [0.5, 0.6) is 11.8 Å². The molecule has 1 N–H and O–H groups in total. The number of hydrogen-bond acceptors (Lipinski definition) is 8. The van der Waals surface area contributed by atoms with E-state index in [0.717, 1.165) is 32.2 Å². The number of hydrogen-bond donors (Lipinski definition) is 1. The number of phenols is 1. The van der Waals surface area contributed by atoms with Gasteiger partial charge < -0.3 is 14.7 Å². The van der Waals surface area contributed by atoms with Crippen molar-refractivity contribution in [2.45, 2.75) is 55.9 Å². The summed E-state index contributed by atoms with van der Waals surface area (Å²) < 4.78 is 52.3. The fourth-order valence-corrected chi connectivity index (χ4v) is 8.20. The zero-order valence-corrected chi connectivity index (χ0v) is 24.9. The van der Waals surface area contributed by atoms with Crippen LogP contribution < -0.4 is 9.64 Å². The number of nitrogens with zero attached hydrogens (tertiary/aromatic N) is 6. The highest BCUT2D eigenvalue weighted by molar-refractivity contribution is 6.03. The van der Waals surface area contributed by atoms with Crippen molar-refractivity contribution in [2.24, 2.45) is 0 Å². The summed E-state index contributed by atoms with van der Waals surface area (Å²) in [6.07, 6.45) is 10.6. The lowest BCUT2D eigenvalue weighted by atomic mass is 9.95. The van der Waals surface area contributed by atoms with Crippen molar-refractivity contribution in [2.75, 3.05) is 44.7 Å². The molecule has 2 aromatic heterocycles. The third-order valence-corrected chi connectivity index (χ3v) is 10.5. The van der Waals surface area contributed by atoms with Crippen molar-refractivity contribution in [3.8, 4) is 35.4 Å². The Hall–Kier alpha value is -4.14. The van der Waals surface area contributed by atoms with E-state index in [1.807, 2.05) is 0 Å². The molecule has 8 nitrogen and oxygen atoms in total. The number of anilines is 1. The normalized spacial score (nSPS) is 26.6. The molecule has 11 heteroatoms. The van der Waals surface area contributed by atoms with Crippen molar-refractivity contribution in [1.29, 1.82) is 0 Å². The van der Waals surface area contributed by atoms with Crippen molar-refractivity contribution in [3.05, 3.63) is 47.7 Å². The first kappa shape index (κ1) is 28.3. The first-order valence-electron chi connectivity index (χ1n) is 15.5. The van der Waals surface area contributed by atoms with Gasteiger partial charge in [-0.2, -0.15) is 9.97 Å². The van der Waals surface area contributed by atoms with Gasteiger partial charge in [-0.25, -0.2) is 13.2 Å². The lowest BCUT2D eigenvalue weighted by Gasteiger charge is -2.39. The van der Waals surface area contributed by atoms with Crippen LogP contribution in [0.25, 0.3) is 32.9 Å². The summed E-state index contributed by atoms with van der Waals surface area (Å²) >= 11 is 0. The zero-order chi connectivity index (χ0) is 31.0. The average molecular weight is 615 g/mol. The Morgan fingerprint density at radius 3 is 2.71 bits per heavy atom. The van der Waals surface area contributed by atoms with Gasteiger partial charge in [-0.15, -0.1) is 6.42 Å². The summed E-state index contributed by atoms with van der Waals surface area (Å²) in [7, 11) is 2.14. The van der Waals surface area contributed by atoms with E-state index in [1.54, 1.807) is 0 Å². The maximum Gasteiger partial charge on any atom is 0.319 e. The van der Waals surface area contributed by atoms with Gasteiger partial charge in [-0.1, -0.05) is 12.0 Å². The summed E-state index contributed by atoms with van der Waals surface area (Å²) in [6.45, 7) is 2.84. The van der Waals surface area contributed by atoms with E-state index in [-0.39, 0.29) is 46.1 Å². The molecule has 4 fully saturated rings. The number of pyridine rings is 1. The summed E-state index contributed by atoms with van der Waals surface area (Å²) in [5, 5.41) is 11.7. The Balaban J connectivity index is 1.28. The van der Waals surface area contributed by atoms with Gasteiger partial charge in [0.25, 0.3) is 0 Å². The molecular weight excluding hydrogens is 581 g/mol. The fourth-order valence-electron chi connectivity index (χ4n) is 8.20. The Morgan fingerprint density at radius 2 is 1.93 bits per heavy atom. The number of fused-ring (bicyclic) bond motifs is 5. The standard InChI is InChI=1S/C34H33F3N6O2/c1-3-24-27(36)8-5-19-11-23(44)12-25(28(19)24)30-29(37)31-26(14-38-30)32(42-16-21-6-7-22(17-42)41(21)2)40-33(39-31)45-18-34-9-4-10-43(34)15-20(35)13-34/h1,5,8,11-12,14,20-22,44H,4,6-7,9-10,13,15-18H2,2H3/t20-,21?,22?,34+/m1/s1. The first-order chi connectivity index (χ1) is 21.7. The summed E-state index contributed by atoms with van der Waals surface area (Å²) in [4.78, 5) is 20.6. The molecule has 4 aromatic rings. The number of rotatable bonds is 5. The predicted molar refractivity (Wildman–Crippen MR) is 165 cm³/mol. The van der Waals surface area contributed by atoms with E-state index in [4.69, 9.17) is 16.1 Å². The number of alkyl halides is 1. The van der Waals surface area contributed by atoms with Crippen molar-refractivity contribution >= 4 is 27.5 Å². The SMILES string of the molecule is C#Cc1c(F)ccc2cc(O)cc(-c3ncc4c(N5CC6CCC(C5)N6C)nc(OC[C@@]56CCCN5C[C@H](F)C6)nc4c3F)c12. The minimum absolute atomic E-state index is 0.00278. The first-order valence-corrected chi connectivity index (χ1v) is 15.5. The summed E-state index contributed by atoms with van der Waals surface area (Å²) in [5.74, 6) is 1.37. The van der Waals surface area contributed by atoms with Gasteiger partial charge in [0.1, 0.15) is 41.4 Å². The van der Waals surface area contributed by atoms with E-state index in [2.05, 4.69) is 37.6 Å². The third-order valence-electron chi connectivity index (χ3n) is 10.5. The number of ether oxygens (including phenoxy) is 1. The number of likely N-dealkylation sites (N-methyl/N-ethyl adjacent to an activating group) is 1. The second kappa shape index (κ2) is 10.5. The molecule has 232 valence electrons. The number of aromatic nitrogens is 3. The van der Waals surface area contributed by atoms with Crippen LogP contribution in [0.2, 0.25) is 0 Å². The molecule has 4 aliphatic rings. The number of terminal acetylenes is 1. The number of halogens is 3. The van der Waals surface area contributed by atoms with Gasteiger partial charge in [-0.05, 0) is 62.9 Å². The molecule has 4 atom stereocenters. The molecule has 8 rings (SSSR count). The van der Waals surface area contributed by atoms with E-state index in [0.29, 0.717) is 54.7 Å². The van der Waals surface area contributed by atoms with Crippen molar-refractivity contribution < 1.29 is 23.0 Å². The minimum Gasteiger partial charge on any atom is -0.508 e. The summed E-state index contributed by atoms with van der Waals surface area (Å²) in [5.41, 5.74) is -0.457. The van der Waals surface area contributed by atoms with Gasteiger partial charge >= 0.3 is 6.01 Å². The highest BCUT2D eigenvalue weighted by Gasteiger charge is 2.49. The predicted octanol–water partition coefficient (Wildman–Crippen LogP) is 5.05. The second-order valence-corrected chi connectivity index (χ2v) is 13.0. The molecule has 4 saturated heterocycles. The molecule has 2 aromatic carbocycles. The van der Waals surface area contributed by atoms with E-state index in [9.17, 15) is 13.9 Å². The lowest BCUT2D eigenvalue weighted by Crippen LogP contribution is -2.52. The van der Waals surface area contributed by atoms with Crippen LogP contribution in [-0.2, 0) is 0 Å². The van der Waals surface area contributed by atoms with Gasteiger partial charge in [0, 0.05) is 55.3 Å². The Kier molecular flexibility index (Phi) is 6.59. The Bertz CT molecular complexity index is 1880. The van der Waals surface area contributed by atoms with Crippen LogP contribution in [-0.4, -0.2) is 93.5 Å². The average Bonchev–Trinajstić information content (AvgIpc) is 3.60. The number of aromatic hydroxyl groups is 1. The highest BCUT2D eigenvalue weighted by Crippen LogP contribution is 2.42. The maximum atomic E-state index is 16.8. The van der Waals surface area contributed by atoms with E-state index < -0.39 is 23.3 Å². The Morgan fingerprint density at radius 1 is 1.13 bits per heavy atom. The molecule has 0 spiro atoms. The van der Waals surface area contributed by atoms with Crippen LogP contribution in [0.3, 0.4) is 0 Å². The number of benzene rings is 2. The molecule has 6 heterocycles. The molecule has 0 amide bonds. The molecule has 0 saturated carbocycles. The number of phenolic OH excluding ortho intramolecular Hbond substituents is 1. The van der Waals surface area contributed by atoms with Crippen LogP contribution >= 0.6 is 0 Å². The fraction of sp³-hybridized carbons (Fsp3) is 0.441. The molecule has 0 radical (unpaired) electrons.